The topological polar surface area (TPSA) is 322 Å². The molecule has 0 saturated carbocycles. The number of nitrogens with zero attached hydrogens (tertiary/aromatic N) is 6. The standard InChI is InChI=1S/3C21H17F4N2O5S.Ga/c3*22-13-12(11(8-3-1-5-26-8)9-4-2-6-27-9)14(23)16(25)20(15(13)24)33-21-19(31)18(30)17(29)10(7-28)32-21;/h3*1-6,10,17-19,21,28-31H,7H2;/q3*-1;+3/t3*10?,17-,18-,19?,21-;/m000./s1. The smallest absolute Gasteiger partial charge is 0.388 e. The molecule has 3 aromatic heterocycles. The summed E-state index contributed by atoms with van der Waals surface area (Å²) in [6.45, 7) is -3.05. The molecule has 15 atom stereocenters. The van der Waals surface area contributed by atoms with Crippen LogP contribution in [0.4, 0.5) is 52.7 Å². The Bertz CT molecular complexity index is 3960. The Balaban J connectivity index is 1.08. The minimum absolute atomic E-state index is 0.185. The van der Waals surface area contributed by atoms with Gasteiger partial charge in [-0.1, -0.05) is 0 Å². The molecule has 0 aliphatic carbocycles. The second-order valence-electron chi connectivity index (χ2n) is 22.8. The molecule has 0 amide bonds. The number of allylic oxidation sites excluding steroid dienone is 6. The molecule has 21 nitrogen and oxygen atoms in total. The van der Waals surface area contributed by atoms with E-state index >= 15 is 52.7 Å². The van der Waals surface area contributed by atoms with Gasteiger partial charge in [0.15, 0.2) is 0 Å². The van der Waals surface area contributed by atoms with Gasteiger partial charge in [-0.25, -0.2) is 0 Å². The number of halogens is 12. The molecule has 37 heteroatoms. The Morgan fingerprint density at radius 1 is 0.360 bits per heavy atom. The molecule has 12 N–H and O–H groups in total. The Labute approximate surface area is 573 Å². The van der Waals surface area contributed by atoms with E-state index in [0.717, 1.165) is 55.1 Å². The molecular weight excluding hydrogens is 1470 g/mol. The van der Waals surface area contributed by atoms with E-state index in [0.29, 0.717) is 0 Å². The van der Waals surface area contributed by atoms with E-state index in [-0.39, 0.29) is 35.3 Å². The zero-order valence-electron chi connectivity index (χ0n) is 50.3. The van der Waals surface area contributed by atoms with E-state index in [1.807, 2.05) is 0 Å². The number of benzene rings is 3. The molecule has 6 unspecified atom stereocenters. The van der Waals surface area contributed by atoms with Crippen molar-refractivity contribution in [2.75, 3.05) is 19.8 Å². The molecule has 0 bridgehead atoms. The minimum Gasteiger partial charge on any atom is -0.388 e. The van der Waals surface area contributed by atoms with Gasteiger partial charge in [0.25, 0.3) is 0 Å². The van der Waals surface area contributed by atoms with Crippen LogP contribution in [-0.2, 0) is 14.2 Å². The first-order chi connectivity index (χ1) is 47.8. The first-order valence-corrected chi connectivity index (χ1v) is 35.5. The average molecular weight is 1530 g/mol. The summed E-state index contributed by atoms with van der Waals surface area (Å²) in [6.07, 6.45) is -9.97. The van der Waals surface area contributed by atoms with E-state index in [1.165, 1.54) is 64.8 Å². The van der Waals surface area contributed by atoms with Crippen LogP contribution in [-0.4, -0.2) is 216 Å². The molecule has 3 saturated heterocycles. The van der Waals surface area contributed by atoms with Crippen LogP contribution in [0.15, 0.2) is 138 Å². The van der Waals surface area contributed by atoms with Gasteiger partial charge in [0.1, 0.15) is 0 Å². The van der Waals surface area contributed by atoms with E-state index in [1.54, 1.807) is 0 Å². The van der Waals surface area contributed by atoms with Gasteiger partial charge in [-0.2, -0.15) is 0 Å². The third kappa shape index (κ3) is 12.6. The van der Waals surface area contributed by atoms with Crippen LogP contribution in [0.25, 0.3) is 16.7 Å². The van der Waals surface area contributed by atoms with Gasteiger partial charge in [0.05, 0.1) is 0 Å². The average Bonchev–Trinajstić information content (AvgIpc) is 1.43. The van der Waals surface area contributed by atoms with Gasteiger partial charge in [0, 0.05) is 0 Å². The number of rotatable bonds is 18. The van der Waals surface area contributed by atoms with Crippen LogP contribution in [0.5, 0.6) is 0 Å². The molecule has 3 aromatic carbocycles. The molecule has 9 heterocycles. The predicted octanol–water partition coefficient (Wildman–Crippen LogP) is 4.57. The van der Waals surface area contributed by atoms with Crippen LogP contribution in [0, 0.1) is 69.8 Å². The van der Waals surface area contributed by atoms with Crippen molar-refractivity contribution >= 4 is 87.6 Å². The predicted molar refractivity (Wildman–Crippen MR) is 334 cm³/mol. The Morgan fingerprint density at radius 2 is 0.600 bits per heavy atom. The fourth-order valence-electron chi connectivity index (χ4n) is 12.0. The number of ether oxygens (including phenoxy) is 3. The summed E-state index contributed by atoms with van der Waals surface area (Å²) in [5.74, 6) is -25.9. The zero-order chi connectivity index (χ0) is 71.8. The van der Waals surface area contributed by atoms with Crippen molar-refractivity contribution in [1.29, 1.82) is 0 Å². The molecule has 100 heavy (non-hydrogen) atoms. The molecule has 6 aliphatic heterocycles. The van der Waals surface area contributed by atoms with Gasteiger partial charge >= 0.3 is 546 Å². The number of aliphatic hydroxyl groups is 12. The maximum atomic E-state index is 17.5. The Hall–Kier alpha value is -6.80. The molecule has 0 radical (unpaired) electrons. The normalized spacial score (nSPS) is 28.7. The van der Waals surface area contributed by atoms with Crippen LogP contribution < -0.4 is 0 Å². The van der Waals surface area contributed by atoms with Crippen molar-refractivity contribution < 1.29 is 128 Å². The minimum atomic E-state index is -5.36. The summed E-state index contributed by atoms with van der Waals surface area (Å²) in [5.41, 5.74) is -15.8. The summed E-state index contributed by atoms with van der Waals surface area (Å²) in [5, 5.41) is 124. The third-order valence-corrected chi connectivity index (χ3v) is 26.6. The van der Waals surface area contributed by atoms with Crippen molar-refractivity contribution in [1.82, 2.24) is 9.82 Å². The summed E-state index contributed by atoms with van der Waals surface area (Å²) in [6, 6.07) is 6.98. The number of aliphatic imine (C=N–C) groups is 3. The third-order valence-electron chi connectivity index (χ3n) is 16.9. The first kappa shape index (κ1) is 73.0. The van der Waals surface area contributed by atoms with Gasteiger partial charge in [-0.15, -0.1) is 0 Å². The second-order valence-corrected chi connectivity index (χ2v) is 31.0. The summed E-state index contributed by atoms with van der Waals surface area (Å²) in [7, 11) is 0. The van der Waals surface area contributed by atoms with Crippen molar-refractivity contribution in [2.45, 2.75) is 104 Å². The quantitative estimate of drug-likeness (QED) is 0.0319. The van der Waals surface area contributed by atoms with E-state index in [4.69, 9.17) is 14.2 Å². The van der Waals surface area contributed by atoms with Gasteiger partial charge < -0.3 is 30.6 Å². The van der Waals surface area contributed by atoms with Crippen molar-refractivity contribution in [3.8, 4) is 0 Å². The zero-order valence-corrected chi connectivity index (χ0v) is 55.2. The first-order valence-electron chi connectivity index (χ1n) is 29.6. The number of hydrogen-bond donors (Lipinski definition) is 12. The summed E-state index contributed by atoms with van der Waals surface area (Å²) >= 11 is -5.92. The van der Waals surface area contributed by atoms with Crippen molar-refractivity contribution in [3.05, 3.63) is 212 Å². The van der Waals surface area contributed by atoms with E-state index in [9.17, 15) is 61.3 Å². The second kappa shape index (κ2) is 29.5. The van der Waals surface area contributed by atoms with E-state index in [2.05, 4.69) is 15.0 Å². The fraction of sp³-hybridized carbons (Fsp3) is 0.286. The van der Waals surface area contributed by atoms with Crippen molar-refractivity contribution in [3.63, 3.8) is 0 Å². The number of aliphatic hydroxyl groups excluding tert-OH is 12. The number of hydrogen-bond acceptors (Lipinski definition) is 21. The monoisotopic (exact) mass is 1520 g/mol. The van der Waals surface area contributed by atoms with Gasteiger partial charge in [-0.05, 0) is 0 Å². The van der Waals surface area contributed by atoms with Crippen LogP contribution in [0.2, 0.25) is 0 Å². The van der Waals surface area contributed by atoms with Crippen LogP contribution in [0.3, 0.4) is 0 Å². The molecule has 528 valence electrons. The number of aromatic nitrogens is 3. The molecule has 0 spiro atoms. The van der Waals surface area contributed by atoms with E-state index < -0.39 is 278 Å². The van der Waals surface area contributed by atoms with Crippen molar-refractivity contribution in [2.24, 2.45) is 15.0 Å². The summed E-state index contributed by atoms with van der Waals surface area (Å²) in [4.78, 5) is 8.14. The Kier molecular flexibility index (Phi) is 21.5. The summed E-state index contributed by atoms with van der Waals surface area (Å²) < 4.78 is 226. The Morgan fingerprint density at radius 3 is 0.810 bits per heavy atom. The fourth-order valence-corrected chi connectivity index (χ4v) is 21.5. The molecule has 6 aliphatic rings. The maximum absolute atomic E-state index is 17.5. The molecule has 6 aromatic rings. The van der Waals surface area contributed by atoms with Gasteiger partial charge in [-0.3, -0.25) is 0 Å². The number of thioether (sulfide) groups is 3. The molecular formula is C63H51F12GaN6O15S3. The van der Waals surface area contributed by atoms with Crippen LogP contribution in [0.1, 0.15) is 33.8 Å². The molecule has 3 fully saturated rings. The molecule has 12 rings (SSSR count). The SMILES string of the molecule is OCC1O[C@@H](Sc2c(F)c(F)c(C(=C3C=CC=N3)c3ccc[n]3[Ga]([n]3cccc3C(=C3C=CC=N3)c3c(F)c(F)c(S[C@@H]4OC(CO)[C@H](O)[C@H](O)C4O)c(F)c3F)[n]3cccc3C(=C3C=CC=N3)c3c(F)c(F)c(S[C@@H]4OC(CO)[C@H](O)[C@H](O)C4O)c(F)c3F)c(F)c2F)C(O)[C@@H](O)[C@H]1O. The van der Waals surface area contributed by atoms with Gasteiger partial charge in [0.2, 0.25) is 0 Å². The van der Waals surface area contributed by atoms with Crippen LogP contribution >= 0.6 is 35.3 Å².